The van der Waals surface area contributed by atoms with Gasteiger partial charge in [-0.25, -0.2) is 4.98 Å². The largest absolute Gasteiger partial charge is 0.356 e. The fraction of sp³-hybridized carbons (Fsp3) is 0.474. The Balaban J connectivity index is 0.00000312. The van der Waals surface area contributed by atoms with Gasteiger partial charge in [0.1, 0.15) is 5.01 Å². The van der Waals surface area contributed by atoms with Crippen LogP contribution in [0.1, 0.15) is 41.8 Å². The molecule has 0 radical (unpaired) electrons. The number of aryl methyl sites for hydroxylation is 2. The van der Waals surface area contributed by atoms with Crippen molar-refractivity contribution in [2.24, 2.45) is 4.99 Å². The molecule has 0 aliphatic heterocycles. The number of hydrogen-bond acceptors (Lipinski definition) is 3. The topological polar surface area (TPSA) is 49.3 Å². The lowest BCUT2D eigenvalue weighted by atomic mass is 9.82. The first-order chi connectivity index (χ1) is 11.5. The Bertz CT molecular complexity index is 694. The summed E-state index contributed by atoms with van der Waals surface area (Å²) in [6.45, 7) is 10.3. The maximum Gasteiger partial charge on any atom is 0.191 e. The molecule has 0 bridgehead atoms. The quantitative estimate of drug-likeness (QED) is 0.375. The summed E-state index contributed by atoms with van der Waals surface area (Å²) in [6, 6.07) is 8.55. The minimum atomic E-state index is 0. The predicted molar refractivity (Wildman–Crippen MR) is 119 cm³/mol. The summed E-state index contributed by atoms with van der Waals surface area (Å²) < 4.78 is 0. The van der Waals surface area contributed by atoms with Gasteiger partial charge in [-0.2, -0.15) is 0 Å². The van der Waals surface area contributed by atoms with Crippen molar-refractivity contribution >= 4 is 41.3 Å². The van der Waals surface area contributed by atoms with Gasteiger partial charge in [0.25, 0.3) is 0 Å². The van der Waals surface area contributed by atoms with Crippen LogP contribution < -0.4 is 10.6 Å². The molecule has 2 rings (SSSR count). The molecule has 25 heavy (non-hydrogen) atoms. The predicted octanol–water partition coefficient (Wildman–Crippen LogP) is 4.27. The lowest BCUT2D eigenvalue weighted by Crippen LogP contribution is -2.43. The highest BCUT2D eigenvalue weighted by atomic mass is 127. The zero-order chi connectivity index (χ0) is 17.6. The molecule has 0 atom stereocenters. The van der Waals surface area contributed by atoms with E-state index in [1.807, 2.05) is 6.20 Å². The first-order valence-electron chi connectivity index (χ1n) is 8.40. The summed E-state index contributed by atoms with van der Waals surface area (Å²) >= 11 is 1.75. The molecule has 0 fully saturated rings. The molecule has 2 aromatic rings. The van der Waals surface area contributed by atoms with Gasteiger partial charge in [0.2, 0.25) is 0 Å². The lowest BCUT2D eigenvalue weighted by Gasteiger charge is -2.28. The number of thiazole rings is 1. The summed E-state index contributed by atoms with van der Waals surface area (Å²) in [5.74, 6) is 0.810. The van der Waals surface area contributed by atoms with E-state index >= 15 is 0 Å². The number of aliphatic imine (C=N–C) groups is 1. The van der Waals surface area contributed by atoms with Gasteiger partial charge in [0.05, 0.1) is 6.54 Å². The fourth-order valence-corrected chi connectivity index (χ4v) is 3.51. The fourth-order valence-electron chi connectivity index (χ4n) is 2.71. The van der Waals surface area contributed by atoms with Gasteiger partial charge in [-0.05, 0) is 24.5 Å². The number of halogens is 1. The van der Waals surface area contributed by atoms with Crippen molar-refractivity contribution in [2.45, 2.75) is 46.1 Å². The summed E-state index contributed by atoms with van der Waals surface area (Å²) in [7, 11) is 1.80. The molecule has 0 amide bonds. The van der Waals surface area contributed by atoms with Gasteiger partial charge in [-0.1, -0.05) is 45.0 Å². The Morgan fingerprint density at radius 3 is 2.56 bits per heavy atom. The van der Waals surface area contributed by atoms with E-state index in [1.165, 1.54) is 16.0 Å². The Labute approximate surface area is 172 Å². The molecule has 0 saturated carbocycles. The smallest absolute Gasteiger partial charge is 0.191 e. The Hall–Kier alpha value is -1.15. The van der Waals surface area contributed by atoms with Crippen LogP contribution in [0.4, 0.5) is 0 Å². The number of benzene rings is 1. The van der Waals surface area contributed by atoms with Crippen LogP contribution in [-0.2, 0) is 18.4 Å². The van der Waals surface area contributed by atoms with E-state index in [0.717, 1.165) is 23.9 Å². The van der Waals surface area contributed by atoms with E-state index in [0.29, 0.717) is 6.54 Å². The van der Waals surface area contributed by atoms with Crippen molar-refractivity contribution in [2.75, 3.05) is 13.6 Å². The van der Waals surface area contributed by atoms with Gasteiger partial charge in [-0.15, -0.1) is 35.3 Å². The van der Waals surface area contributed by atoms with Gasteiger partial charge in [-0.3, -0.25) is 4.99 Å². The second-order valence-corrected chi connectivity index (χ2v) is 7.75. The van der Waals surface area contributed by atoms with Gasteiger partial charge >= 0.3 is 0 Å². The monoisotopic (exact) mass is 472 g/mol. The van der Waals surface area contributed by atoms with E-state index in [-0.39, 0.29) is 29.4 Å². The number of rotatable bonds is 6. The van der Waals surface area contributed by atoms with Crippen molar-refractivity contribution in [1.82, 2.24) is 15.6 Å². The standard InChI is InChI=1S/C19H28N4S.HI/c1-6-15-11-21-17(24-15)12-22-18(20-5)23-13-19(3,4)16-10-8-7-9-14(16)2;/h7-11H,6,12-13H2,1-5H3,(H2,20,22,23);1H. The van der Waals surface area contributed by atoms with Crippen molar-refractivity contribution in [3.8, 4) is 0 Å². The van der Waals surface area contributed by atoms with Crippen LogP contribution in [0.3, 0.4) is 0 Å². The second kappa shape index (κ2) is 10.1. The molecule has 0 spiro atoms. The van der Waals surface area contributed by atoms with Gasteiger partial charge < -0.3 is 10.6 Å². The number of aromatic nitrogens is 1. The first-order valence-corrected chi connectivity index (χ1v) is 9.22. The number of hydrogen-bond donors (Lipinski definition) is 2. The number of guanidine groups is 1. The van der Waals surface area contributed by atoms with Crippen molar-refractivity contribution in [1.29, 1.82) is 0 Å². The van der Waals surface area contributed by atoms with Gasteiger partial charge in [0, 0.05) is 30.1 Å². The summed E-state index contributed by atoms with van der Waals surface area (Å²) in [4.78, 5) is 10.1. The molecule has 138 valence electrons. The minimum absolute atomic E-state index is 0. The highest BCUT2D eigenvalue weighted by molar-refractivity contribution is 14.0. The van der Waals surface area contributed by atoms with Crippen LogP contribution >= 0.6 is 35.3 Å². The van der Waals surface area contributed by atoms with Crippen molar-refractivity contribution in [3.05, 3.63) is 51.5 Å². The zero-order valence-corrected chi connectivity index (χ0v) is 18.9. The van der Waals surface area contributed by atoms with Crippen LogP contribution in [0.5, 0.6) is 0 Å². The Morgan fingerprint density at radius 2 is 1.96 bits per heavy atom. The minimum Gasteiger partial charge on any atom is -0.356 e. The van der Waals surface area contributed by atoms with E-state index in [2.05, 4.69) is 72.6 Å². The zero-order valence-electron chi connectivity index (χ0n) is 15.7. The molecule has 2 N–H and O–H groups in total. The third-order valence-corrected chi connectivity index (χ3v) is 5.29. The van der Waals surface area contributed by atoms with Gasteiger partial charge in [0.15, 0.2) is 5.96 Å². The maximum absolute atomic E-state index is 4.43. The summed E-state index contributed by atoms with van der Waals surface area (Å²) in [6.07, 6.45) is 2.99. The number of nitrogens with one attached hydrogen (secondary N) is 2. The average molecular weight is 472 g/mol. The molecule has 1 heterocycles. The molecule has 6 heteroatoms. The molecule has 1 aromatic carbocycles. The second-order valence-electron chi connectivity index (χ2n) is 6.55. The van der Waals surface area contributed by atoms with Crippen molar-refractivity contribution in [3.63, 3.8) is 0 Å². The SMILES string of the molecule is CCc1cnc(CNC(=NC)NCC(C)(C)c2ccccc2C)s1.I. The van der Waals surface area contributed by atoms with Crippen LogP contribution in [-0.4, -0.2) is 24.5 Å². The molecule has 1 aromatic heterocycles. The van der Waals surface area contributed by atoms with E-state index < -0.39 is 0 Å². The van der Waals surface area contributed by atoms with E-state index in [4.69, 9.17) is 0 Å². The third-order valence-electron chi connectivity index (χ3n) is 4.15. The highest BCUT2D eigenvalue weighted by Gasteiger charge is 2.22. The number of nitrogens with zero attached hydrogens (tertiary/aromatic N) is 2. The van der Waals surface area contributed by atoms with Crippen LogP contribution in [0.15, 0.2) is 35.5 Å². The Kier molecular flexibility index (Phi) is 8.85. The molecule has 0 aliphatic carbocycles. The summed E-state index contributed by atoms with van der Waals surface area (Å²) in [5.41, 5.74) is 2.71. The van der Waals surface area contributed by atoms with Crippen LogP contribution in [0.2, 0.25) is 0 Å². The average Bonchev–Trinajstić information content (AvgIpc) is 3.03. The molecular weight excluding hydrogens is 443 g/mol. The summed E-state index contributed by atoms with van der Waals surface area (Å²) in [5, 5.41) is 7.88. The highest BCUT2D eigenvalue weighted by Crippen LogP contribution is 2.25. The molecule has 0 aliphatic rings. The molecule has 0 saturated heterocycles. The third kappa shape index (κ3) is 6.26. The molecule has 0 unspecified atom stereocenters. The van der Waals surface area contributed by atoms with Crippen LogP contribution in [0, 0.1) is 6.92 Å². The Morgan fingerprint density at radius 1 is 1.24 bits per heavy atom. The normalized spacial score (nSPS) is 11.8. The van der Waals surface area contributed by atoms with E-state index in [1.54, 1.807) is 18.4 Å². The van der Waals surface area contributed by atoms with Crippen LogP contribution in [0.25, 0.3) is 0 Å². The molecule has 4 nitrogen and oxygen atoms in total. The lowest BCUT2D eigenvalue weighted by molar-refractivity contribution is 0.506. The van der Waals surface area contributed by atoms with Crippen molar-refractivity contribution < 1.29 is 0 Å². The molecular formula is C19H29IN4S. The maximum atomic E-state index is 4.43. The first kappa shape index (κ1) is 21.9. The van der Waals surface area contributed by atoms with E-state index in [9.17, 15) is 0 Å².